The second-order valence-corrected chi connectivity index (χ2v) is 7.13. The Hall–Kier alpha value is -3.71. The number of halogens is 2. The van der Waals surface area contributed by atoms with Crippen molar-refractivity contribution in [3.05, 3.63) is 107 Å². The Kier molecular flexibility index (Phi) is 6.24. The van der Waals surface area contributed by atoms with E-state index in [9.17, 15) is 9.18 Å². The summed E-state index contributed by atoms with van der Waals surface area (Å²) in [6.45, 7) is 0.238. The lowest BCUT2D eigenvalue weighted by Crippen LogP contribution is -2.38. The summed E-state index contributed by atoms with van der Waals surface area (Å²) in [4.78, 5) is 12.6. The maximum absolute atomic E-state index is 13.1. The van der Waals surface area contributed by atoms with Gasteiger partial charge in [-0.2, -0.15) is 0 Å². The average Bonchev–Trinajstić information content (AvgIpc) is 3.27. The third kappa shape index (κ3) is 5.07. The standard InChI is InChI=1S/C23H18ClFN4O2/c24-19-9-5-4-8-18(19)21-28-29-22(31-21)20(16-6-2-1-3-7-16)27-23(30)26-14-15-10-12-17(25)13-11-15/h1-13,20H,14H2,(H2,26,27,30)/t20-/m1/s1. The lowest BCUT2D eigenvalue weighted by atomic mass is 10.1. The number of carbonyl (C=O) groups is 1. The van der Waals surface area contributed by atoms with Gasteiger partial charge in [0.25, 0.3) is 0 Å². The molecule has 0 bridgehead atoms. The first-order chi connectivity index (χ1) is 15.1. The normalized spacial score (nSPS) is 11.7. The summed E-state index contributed by atoms with van der Waals surface area (Å²) in [7, 11) is 0. The Morgan fingerprint density at radius 3 is 2.42 bits per heavy atom. The molecule has 0 aliphatic heterocycles. The van der Waals surface area contributed by atoms with E-state index in [-0.39, 0.29) is 24.1 Å². The highest BCUT2D eigenvalue weighted by atomic mass is 35.5. The molecule has 0 saturated carbocycles. The van der Waals surface area contributed by atoms with Crippen molar-refractivity contribution in [2.24, 2.45) is 0 Å². The quantitative estimate of drug-likeness (QED) is 0.439. The minimum atomic E-state index is -0.668. The average molecular weight is 437 g/mol. The van der Waals surface area contributed by atoms with Gasteiger partial charge in [-0.15, -0.1) is 10.2 Å². The highest BCUT2D eigenvalue weighted by Crippen LogP contribution is 2.29. The molecule has 0 saturated heterocycles. The Morgan fingerprint density at radius 2 is 1.68 bits per heavy atom. The monoisotopic (exact) mass is 436 g/mol. The predicted molar refractivity (Wildman–Crippen MR) is 115 cm³/mol. The SMILES string of the molecule is O=C(NCc1ccc(F)cc1)N[C@H](c1ccccc1)c1nnc(-c2ccccc2Cl)o1. The Balaban J connectivity index is 1.53. The fourth-order valence-corrected chi connectivity index (χ4v) is 3.21. The second kappa shape index (κ2) is 9.40. The number of amides is 2. The first-order valence-electron chi connectivity index (χ1n) is 9.52. The largest absolute Gasteiger partial charge is 0.418 e. The summed E-state index contributed by atoms with van der Waals surface area (Å²) in [6.07, 6.45) is 0. The molecule has 0 radical (unpaired) electrons. The van der Waals surface area contributed by atoms with Crippen LogP contribution in [0.4, 0.5) is 9.18 Å². The van der Waals surface area contributed by atoms with Crippen molar-refractivity contribution in [1.82, 2.24) is 20.8 Å². The molecule has 6 nitrogen and oxygen atoms in total. The minimum Gasteiger partial charge on any atom is -0.418 e. The highest BCUT2D eigenvalue weighted by Gasteiger charge is 2.24. The van der Waals surface area contributed by atoms with E-state index >= 15 is 0 Å². The van der Waals surface area contributed by atoms with Gasteiger partial charge in [-0.1, -0.05) is 66.2 Å². The van der Waals surface area contributed by atoms with Crippen LogP contribution in [0.5, 0.6) is 0 Å². The van der Waals surface area contributed by atoms with Crippen LogP contribution in [0, 0.1) is 5.82 Å². The summed E-state index contributed by atoms with van der Waals surface area (Å²) in [5.74, 6) is 0.149. The van der Waals surface area contributed by atoms with Crippen LogP contribution in [0.1, 0.15) is 23.1 Å². The molecule has 156 valence electrons. The molecular formula is C23H18ClFN4O2. The molecule has 1 atom stereocenters. The molecule has 1 heterocycles. The van der Waals surface area contributed by atoms with Crippen LogP contribution in [0.3, 0.4) is 0 Å². The first-order valence-corrected chi connectivity index (χ1v) is 9.90. The second-order valence-electron chi connectivity index (χ2n) is 6.72. The number of rotatable bonds is 6. The first kappa shape index (κ1) is 20.6. The fourth-order valence-electron chi connectivity index (χ4n) is 2.99. The number of nitrogens with one attached hydrogen (secondary N) is 2. The van der Waals surface area contributed by atoms with Gasteiger partial charge in [-0.3, -0.25) is 0 Å². The molecule has 2 amide bonds. The van der Waals surface area contributed by atoms with E-state index in [0.29, 0.717) is 10.6 Å². The van der Waals surface area contributed by atoms with Crippen molar-refractivity contribution in [2.45, 2.75) is 12.6 Å². The van der Waals surface area contributed by atoms with Gasteiger partial charge in [0, 0.05) is 6.54 Å². The molecular weight excluding hydrogens is 419 g/mol. The molecule has 1 aromatic heterocycles. The van der Waals surface area contributed by atoms with Crippen LogP contribution in [0.2, 0.25) is 5.02 Å². The zero-order chi connectivity index (χ0) is 21.6. The number of carbonyl (C=O) groups excluding carboxylic acids is 1. The molecule has 31 heavy (non-hydrogen) atoms. The Bertz CT molecular complexity index is 1170. The van der Waals surface area contributed by atoms with Crippen LogP contribution in [0.25, 0.3) is 11.5 Å². The molecule has 0 aliphatic carbocycles. The van der Waals surface area contributed by atoms with Crippen molar-refractivity contribution in [2.75, 3.05) is 0 Å². The molecule has 0 fully saturated rings. The molecule has 0 aliphatic rings. The van der Waals surface area contributed by atoms with Crippen molar-refractivity contribution in [3.63, 3.8) is 0 Å². The van der Waals surface area contributed by atoms with E-state index in [1.54, 1.807) is 24.3 Å². The molecule has 4 rings (SSSR count). The van der Waals surface area contributed by atoms with E-state index in [0.717, 1.165) is 11.1 Å². The summed E-state index contributed by atoms with van der Waals surface area (Å²) in [5.41, 5.74) is 2.15. The van der Waals surface area contributed by atoms with Crippen LogP contribution in [-0.2, 0) is 6.54 Å². The topological polar surface area (TPSA) is 80.0 Å². The van der Waals surface area contributed by atoms with Crippen molar-refractivity contribution >= 4 is 17.6 Å². The van der Waals surface area contributed by atoms with E-state index in [1.165, 1.54) is 12.1 Å². The molecule has 0 unspecified atom stereocenters. The van der Waals surface area contributed by atoms with Gasteiger partial charge in [-0.25, -0.2) is 9.18 Å². The summed E-state index contributed by atoms with van der Waals surface area (Å²) in [5, 5.41) is 14.3. The summed E-state index contributed by atoms with van der Waals surface area (Å²) >= 11 is 6.23. The number of urea groups is 1. The molecule has 8 heteroatoms. The summed E-state index contributed by atoms with van der Waals surface area (Å²) in [6, 6.07) is 21.2. The van der Waals surface area contributed by atoms with Crippen molar-refractivity contribution in [3.8, 4) is 11.5 Å². The zero-order valence-electron chi connectivity index (χ0n) is 16.3. The maximum atomic E-state index is 13.1. The zero-order valence-corrected chi connectivity index (χ0v) is 17.0. The van der Waals surface area contributed by atoms with Gasteiger partial charge in [0.15, 0.2) is 0 Å². The smallest absolute Gasteiger partial charge is 0.315 e. The van der Waals surface area contributed by atoms with Gasteiger partial charge in [-0.05, 0) is 35.4 Å². The summed E-state index contributed by atoms with van der Waals surface area (Å²) < 4.78 is 18.9. The van der Waals surface area contributed by atoms with E-state index in [1.807, 2.05) is 42.5 Å². The van der Waals surface area contributed by atoms with Crippen LogP contribution >= 0.6 is 11.6 Å². The Morgan fingerprint density at radius 1 is 0.968 bits per heavy atom. The third-order valence-corrected chi connectivity index (χ3v) is 4.90. The third-order valence-electron chi connectivity index (χ3n) is 4.57. The Labute approximate surface area is 183 Å². The predicted octanol–water partition coefficient (Wildman–Crippen LogP) is 5.12. The lowest BCUT2D eigenvalue weighted by molar-refractivity contribution is 0.236. The van der Waals surface area contributed by atoms with Crippen molar-refractivity contribution < 1.29 is 13.6 Å². The van der Waals surface area contributed by atoms with Crippen LogP contribution in [-0.4, -0.2) is 16.2 Å². The van der Waals surface area contributed by atoms with Gasteiger partial charge >= 0.3 is 6.03 Å². The molecule has 3 aromatic carbocycles. The van der Waals surface area contributed by atoms with Gasteiger partial charge in [0.2, 0.25) is 11.8 Å². The molecule has 0 spiro atoms. The highest BCUT2D eigenvalue weighted by molar-refractivity contribution is 6.33. The van der Waals surface area contributed by atoms with Gasteiger partial charge < -0.3 is 15.1 Å². The van der Waals surface area contributed by atoms with Gasteiger partial charge in [0.05, 0.1) is 10.6 Å². The van der Waals surface area contributed by atoms with Crippen molar-refractivity contribution in [1.29, 1.82) is 0 Å². The van der Waals surface area contributed by atoms with E-state index in [4.69, 9.17) is 16.0 Å². The number of benzene rings is 3. The number of aromatic nitrogens is 2. The van der Waals surface area contributed by atoms with E-state index in [2.05, 4.69) is 20.8 Å². The number of hydrogen-bond acceptors (Lipinski definition) is 4. The molecule has 2 N–H and O–H groups in total. The van der Waals surface area contributed by atoms with Crippen LogP contribution in [0.15, 0.2) is 83.3 Å². The number of hydrogen-bond donors (Lipinski definition) is 2. The van der Waals surface area contributed by atoms with Crippen LogP contribution < -0.4 is 10.6 Å². The van der Waals surface area contributed by atoms with Gasteiger partial charge in [0.1, 0.15) is 11.9 Å². The molecule has 4 aromatic rings. The number of nitrogens with zero attached hydrogens (tertiary/aromatic N) is 2. The lowest BCUT2D eigenvalue weighted by Gasteiger charge is -2.16. The minimum absolute atomic E-state index is 0.220. The maximum Gasteiger partial charge on any atom is 0.315 e. The fraction of sp³-hybridized carbons (Fsp3) is 0.0870. The van der Waals surface area contributed by atoms with E-state index < -0.39 is 12.1 Å².